The summed E-state index contributed by atoms with van der Waals surface area (Å²) in [5.41, 5.74) is 1.29. The molecule has 1 aromatic rings. The maximum atomic E-state index is 10.4. The van der Waals surface area contributed by atoms with Crippen LogP contribution in [0.15, 0.2) is 30.3 Å². The van der Waals surface area contributed by atoms with Gasteiger partial charge in [-0.3, -0.25) is 4.90 Å². The molecule has 2 unspecified atom stereocenters. The van der Waals surface area contributed by atoms with Gasteiger partial charge in [-0.2, -0.15) is 0 Å². The van der Waals surface area contributed by atoms with Gasteiger partial charge in [-0.05, 0) is 52.0 Å². The second kappa shape index (κ2) is 9.38. The monoisotopic (exact) mass is 319 g/mol. The normalized spacial score (nSPS) is 21.0. The smallest absolute Gasteiger partial charge is 0.0793 e. The zero-order valence-corrected chi connectivity index (χ0v) is 15.0. The Morgan fingerprint density at radius 3 is 2.57 bits per heavy atom. The van der Waals surface area contributed by atoms with Crippen LogP contribution in [0.1, 0.15) is 18.4 Å². The Morgan fingerprint density at radius 1 is 1.17 bits per heavy atom. The molecule has 23 heavy (non-hydrogen) atoms. The zero-order valence-electron chi connectivity index (χ0n) is 15.0. The standard InChI is InChI=1S/C19H33N3O/c1-20-11-7-10-18(13-20)14-22(3)16-19(23)15-21(2)12-17-8-5-4-6-9-17/h4-6,8-9,18-19,23H,7,10-16H2,1-3H3. The first-order chi connectivity index (χ1) is 11.0. The lowest BCUT2D eigenvalue weighted by atomic mass is 9.98. The number of likely N-dealkylation sites (N-methyl/N-ethyl adjacent to an activating group) is 2. The Balaban J connectivity index is 1.67. The number of benzene rings is 1. The molecule has 1 aromatic carbocycles. The van der Waals surface area contributed by atoms with Gasteiger partial charge < -0.3 is 14.9 Å². The average molecular weight is 319 g/mol. The van der Waals surface area contributed by atoms with Gasteiger partial charge in [-0.25, -0.2) is 0 Å². The summed E-state index contributed by atoms with van der Waals surface area (Å²) in [5, 5.41) is 10.4. The van der Waals surface area contributed by atoms with Gasteiger partial charge in [-0.15, -0.1) is 0 Å². The van der Waals surface area contributed by atoms with E-state index in [4.69, 9.17) is 0 Å². The van der Waals surface area contributed by atoms with Crippen molar-refractivity contribution in [1.29, 1.82) is 0 Å². The first kappa shape index (κ1) is 18.4. The van der Waals surface area contributed by atoms with Gasteiger partial charge in [0, 0.05) is 32.7 Å². The van der Waals surface area contributed by atoms with Gasteiger partial charge in [0.25, 0.3) is 0 Å². The lowest BCUT2D eigenvalue weighted by Crippen LogP contribution is -2.42. The molecule has 0 bridgehead atoms. The van der Waals surface area contributed by atoms with Crippen molar-refractivity contribution in [3.8, 4) is 0 Å². The number of aliphatic hydroxyl groups is 1. The number of hydrogen-bond donors (Lipinski definition) is 1. The van der Waals surface area contributed by atoms with Gasteiger partial charge in [0.2, 0.25) is 0 Å². The van der Waals surface area contributed by atoms with Crippen LogP contribution < -0.4 is 0 Å². The first-order valence-electron chi connectivity index (χ1n) is 8.80. The van der Waals surface area contributed by atoms with E-state index in [1.807, 2.05) is 6.07 Å². The van der Waals surface area contributed by atoms with Crippen LogP contribution >= 0.6 is 0 Å². The maximum Gasteiger partial charge on any atom is 0.0793 e. The minimum Gasteiger partial charge on any atom is -0.390 e. The number of piperidine rings is 1. The van der Waals surface area contributed by atoms with E-state index < -0.39 is 0 Å². The maximum absolute atomic E-state index is 10.4. The van der Waals surface area contributed by atoms with Gasteiger partial charge in [-0.1, -0.05) is 30.3 Å². The molecule has 1 aliphatic heterocycles. The molecule has 4 heteroatoms. The SMILES string of the molecule is CN(Cc1ccccc1)CC(O)CN(C)CC1CCCN(C)C1. The molecule has 0 spiro atoms. The average Bonchev–Trinajstić information content (AvgIpc) is 2.47. The van der Waals surface area contributed by atoms with Gasteiger partial charge in [0.05, 0.1) is 6.10 Å². The van der Waals surface area contributed by atoms with Gasteiger partial charge in [0.15, 0.2) is 0 Å². The molecule has 0 aromatic heterocycles. The highest BCUT2D eigenvalue weighted by Crippen LogP contribution is 2.16. The van der Waals surface area contributed by atoms with Crippen LogP contribution in [0.4, 0.5) is 0 Å². The van der Waals surface area contributed by atoms with E-state index >= 15 is 0 Å². The van der Waals surface area contributed by atoms with Crippen LogP contribution in [0.3, 0.4) is 0 Å². The molecule has 1 N–H and O–H groups in total. The second-order valence-corrected chi connectivity index (χ2v) is 7.33. The quantitative estimate of drug-likeness (QED) is 0.791. The third kappa shape index (κ3) is 7.00. The fourth-order valence-electron chi connectivity index (χ4n) is 3.67. The molecule has 0 radical (unpaired) electrons. The van der Waals surface area contributed by atoms with Crippen molar-refractivity contribution in [3.05, 3.63) is 35.9 Å². The summed E-state index contributed by atoms with van der Waals surface area (Å²) in [6, 6.07) is 10.4. The van der Waals surface area contributed by atoms with Crippen molar-refractivity contribution in [2.45, 2.75) is 25.5 Å². The summed E-state index contributed by atoms with van der Waals surface area (Å²) < 4.78 is 0. The van der Waals surface area contributed by atoms with E-state index in [2.05, 4.69) is 60.1 Å². The van der Waals surface area contributed by atoms with Crippen LogP contribution in [0.2, 0.25) is 0 Å². The van der Waals surface area contributed by atoms with E-state index in [9.17, 15) is 5.11 Å². The van der Waals surface area contributed by atoms with Crippen molar-refractivity contribution in [2.24, 2.45) is 5.92 Å². The molecule has 0 amide bonds. The van der Waals surface area contributed by atoms with Crippen molar-refractivity contribution >= 4 is 0 Å². The number of rotatable bonds is 8. The molecule has 2 rings (SSSR count). The number of hydrogen-bond acceptors (Lipinski definition) is 4. The predicted molar refractivity (Wildman–Crippen MR) is 96.5 cm³/mol. The molecule has 2 atom stereocenters. The van der Waals surface area contributed by atoms with Gasteiger partial charge in [0.1, 0.15) is 0 Å². The van der Waals surface area contributed by atoms with Crippen LogP contribution in [-0.4, -0.2) is 79.8 Å². The highest BCUT2D eigenvalue weighted by molar-refractivity contribution is 5.14. The van der Waals surface area contributed by atoms with E-state index in [0.29, 0.717) is 6.54 Å². The molecule has 1 aliphatic rings. The summed E-state index contributed by atoms with van der Waals surface area (Å²) in [6.07, 6.45) is 2.32. The van der Waals surface area contributed by atoms with E-state index in [-0.39, 0.29) is 6.10 Å². The fraction of sp³-hybridized carbons (Fsp3) is 0.684. The molecule has 0 saturated carbocycles. The molecule has 1 fully saturated rings. The molecular weight excluding hydrogens is 286 g/mol. The Labute approximate surface area is 141 Å². The number of likely N-dealkylation sites (tertiary alicyclic amines) is 1. The van der Waals surface area contributed by atoms with Crippen LogP contribution in [0, 0.1) is 5.92 Å². The first-order valence-corrected chi connectivity index (χ1v) is 8.80. The summed E-state index contributed by atoms with van der Waals surface area (Å²) in [4.78, 5) is 6.92. The minimum absolute atomic E-state index is 0.296. The fourth-order valence-corrected chi connectivity index (χ4v) is 3.67. The topological polar surface area (TPSA) is 30.0 Å². The third-order valence-corrected chi connectivity index (χ3v) is 4.63. The van der Waals surface area contributed by atoms with Crippen molar-refractivity contribution < 1.29 is 5.11 Å². The van der Waals surface area contributed by atoms with Crippen LogP contribution in [-0.2, 0) is 6.54 Å². The summed E-state index contributed by atoms with van der Waals surface area (Å²) >= 11 is 0. The highest BCUT2D eigenvalue weighted by atomic mass is 16.3. The Bertz CT molecular complexity index is 440. The summed E-state index contributed by atoms with van der Waals surface area (Å²) in [5.74, 6) is 0.744. The predicted octanol–water partition coefficient (Wildman–Crippen LogP) is 1.75. The number of aliphatic hydroxyl groups excluding tert-OH is 1. The lowest BCUT2D eigenvalue weighted by molar-refractivity contribution is 0.0764. The Morgan fingerprint density at radius 2 is 1.87 bits per heavy atom. The van der Waals surface area contributed by atoms with E-state index in [0.717, 1.165) is 25.6 Å². The lowest BCUT2D eigenvalue weighted by Gasteiger charge is -2.33. The number of nitrogens with zero attached hydrogens (tertiary/aromatic N) is 3. The largest absolute Gasteiger partial charge is 0.390 e. The Kier molecular flexibility index (Phi) is 7.50. The third-order valence-electron chi connectivity index (χ3n) is 4.63. The molecule has 0 aliphatic carbocycles. The molecule has 1 heterocycles. The highest BCUT2D eigenvalue weighted by Gasteiger charge is 2.20. The molecule has 130 valence electrons. The molecule has 4 nitrogen and oxygen atoms in total. The minimum atomic E-state index is -0.296. The van der Waals surface area contributed by atoms with Crippen molar-refractivity contribution in [3.63, 3.8) is 0 Å². The van der Waals surface area contributed by atoms with Crippen molar-refractivity contribution in [2.75, 3.05) is 53.9 Å². The zero-order chi connectivity index (χ0) is 16.7. The second-order valence-electron chi connectivity index (χ2n) is 7.33. The summed E-state index contributed by atoms with van der Waals surface area (Å²) in [7, 11) is 6.42. The molecular formula is C19H33N3O. The Hall–Kier alpha value is -0.940. The van der Waals surface area contributed by atoms with E-state index in [1.165, 1.54) is 31.5 Å². The molecule has 1 saturated heterocycles. The van der Waals surface area contributed by atoms with Crippen molar-refractivity contribution in [1.82, 2.24) is 14.7 Å². The van der Waals surface area contributed by atoms with Crippen LogP contribution in [0.5, 0.6) is 0 Å². The van der Waals surface area contributed by atoms with Gasteiger partial charge >= 0.3 is 0 Å². The summed E-state index contributed by atoms with van der Waals surface area (Å²) in [6.45, 7) is 5.85. The van der Waals surface area contributed by atoms with Crippen LogP contribution in [0.25, 0.3) is 0 Å². The van der Waals surface area contributed by atoms with E-state index in [1.54, 1.807) is 0 Å².